The van der Waals surface area contributed by atoms with Gasteiger partial charge in [0.25, 0.3) is 5.91 Å². The summed E-state index contributed by atoms with van der Waals surface area (Å²) in [5.41, 5.74) is 1.89. The maximum atomic E-state index is 12.6. The Morgan fingerprint density at radius 3 is 2.36 bits per heavy atom. The molecule has 36 heavy (non-hydrogen) atoms. The standard InChI is InChI=1S/C30H28N4O2/c31-18-29-20-34(21-30(29,19-32)26-10-4-5-11-27(26)36-22-29)17-7-6-16-33-28(35)25-14-12-24(13-15-25)23-8-2-1-3-9-23/h1-5,8-15H,6-7,16-17,20-22H2,(H,33,35). The van der Waals surface area contributed by atoms with E-state index in [-0.39, 0.29) is 12.5 Å². The molecule has 0 spiro atoms. The van der Waals surface area contributed by atoms with Gasteiger partial charge in [-0.25, -0.2) is 0 Å². The molecular weight excluding hydrogens is 448 g/mol. The normalized spacial score (nSPS) is 22.4. The summed E-state index contributed by atoms with van der Waals surface area (Å²) in [4.78, 5) is 14.8. The Hall–Kier alpha value is -4.13. The Labute approximate surface area is 211 Å². The van der Waals surface area contributed by atoms with Crippen LogP contribution in [-0.2, 0) is 5.41 Å². The molecular formula is C30H28N4O2. The molecule has 1 N–H and O–H groups in total. The van der Waals surface area contributed by atoms with E-state index in [4.69, 9.17) is 4.74 Å². The summed E-state index contributed by atoms with van der Waals surface area (Å²) < 4.78 is 5.90. The van der Waals surface area contributed by atoms with Gasteiger partial charge >= 0.3 is 0 Å². The molecule has 0 saturated carbocycles. The molecule has 0 radical (unpaired) electrons. The van der Waals surface area contributed by atoms with Gasteiger partial charge in [-0.15, -0.1) is 0 Å². The first kappa shape index (κ1) is 23.6. The minimum atomic E-state index is -0.892. The van der Waals surface area contributed by atoms with Gasteiger partial charge in [0.1, 0.15) is 23.2 Å². The highest BCUT2D eigenvalue weighted by atomic mass is 16.5. The molecule has 0 aromatic heterocycles. The van der Waals surface area contributed by atoms with Crippen LogP contribution in [0.2, 0.25) is 0 Å². The van der Waals surface area contributed by atoms with Gasteiger partial charge in [0.15, 0.2) is 0 Å². The third-order valence-electron chi connectivity index (χ3n) is 7.44. The largest absolute Gasteiger partial charge is 0.491 e. The maximum Gasteiger partial charge on any atom is 0.251 e. The number of fused-ring (bicyclic) bond motifs is 3. The van der Waals surface area contributed by atoms with Crippen molar-refractivity contribution in [3.05, 3.63) is 90.0 Å². The fourth-order valence-corrected chi connectivity index (χ4v) is 5.45. The van der Waals surface area contributed by atoms with Crippen molar-refractivity contribution in [2.75, 3.05) is 32.8 Å². The van der Waals surface area contributed by atoms with Crippen LogP contribution in [0.25, 0.3) is 11.1 Å². The van der Waals surface area contributed by atoms with Crippen molar-refractivity contribution in [2.24, 2.45) is 5.41 Å². The van der Waals surface area contributed by atoms with Gasteiger partial charge < -0.3 is 10.1 Å². The molecule has 2 unspecified atom stereocenters. The number of unbranched alkanes of at least 4 members (excludes halogenated alkanes) is 1. The molecule has 5 rings (SSSR count). The van der Waals surface area contributed by atoms with Crippen molar-refractivity contribution < 1.29 is 9.53 Å². The molecule has 0 aliphatic carbocycles. The van der Waals surface area contributed by atoms with Crippen molar-refractivity contribution in [1.82, 2.24) is 10.2 Å². The number of nitriles is 2. The van der Waals surface area contributed by atoms with Crippen LogP contribution < -0.4 is 10.1 Å². The topological polar surface area (TPSA) is 89.2 Å². The van der Waals surface area contributed by atoms with Gasteiger partial charge in [-0.1, -0.05) is 60.7 Å². The number of carbonyl (C=O) groups excluding carboxylic acids is 1. The molecule has 0 bridgehead atoms. The van der Waals surface area contributed by atoms with E-state index in [1.165, 1.54) is 0 Å². The van der Waals surface area contributed by atoms with Gasteiger partial charge in [-0.05, 0) is 48.7 Å². The van der Waals surface area contributed by atoms with E-state index in [0.717, 1.165) is 36.1 Å². The number of nitrogens with one attached hydrogen (secondary N) is 1. The average molecular weight is 477 g/mol. The van der Waals surface area contributed by atoms with E-state index < -0.39 is 10.8 Å². The van der Waals surface area contributed by atoms with E-state index >= 15 is 0 Å². The number of ether oxygens (including phenoxy) is 1. The first-order valence-electron chi connectivity index (χ1n) is 12.3. The van der Waals surface area contributed by atoms with E-state index in [0.29, 0.717) is 30.9 Å². The lowest BCUT2D eigenvalue weighted by molar-refractivity contribution is 0.0952. The van der Waals surface area contributed by atoms with Crippen LogP contribution in [0.4, 0.5) is 0 Å². The molecule has 6 heteroatoms. The smallest absolute Gasteiger partial charge is 0.251 e. The van der Waals surface area contributed by atoms with Gasteiger partial charge in [0.2, 0.25) is 0 Å². The molecule has 3 aromatic rings. The number of amides is 1. The lowest BCUT2D eigenvalue weighted by Gasteiger charge is -2.40. The fraction of sp³-hybridized carbons (Fsp3) is 0.300. The minimum absolute atomic E-state index is 0.0811. The van der Waals surface area contributed by atoms with Crippen LogP contribution in [0.3, 0.4) is 0 Å². The Kier molecular flexibility index (Phi) is 6.46. The third kappa shape index (κ3) is 4.11. The molecule has 2 atom stereocenters. The third-order valence-corrected chi connectivity index (χ3v) is 7.44. The second kappa shape index (κ2) is 9.85. The predicted molar refractivity (Wildman–Crippen MR) is 137 cm³/mol. The number of hydrogen-bond donors (Lipinski definition) is 1. The van der Waals surface area contributed by atoms with Crippen molar-refractivity contribution in [2.45, 2.75) is 18.3 Å². The Bertz CT molecular complexity index is 1330. The van der Waals surface area contributed by atoms with Crippen LogP contribution in [0.5, 0.6) is 5.75 Å². The zero-order chi connectivity index (χ0) is 25.0. The highest BCUT2D eigenvalue weighted by Crippen LogP contribution is 2.53. The summed E-state index contributed by atoms with van der Waals surface area (Å²) in [6.45, 7) is 2.58. The van der Waals surface area contributed by atoms with Crippen LogP contribution in [0.1, 0.15) is 28.8 Å². The van der Waals surface area contributed by atoms with Gasteiger partial charge in [-0.2, -0.15) is 10.5 Å². The van der Waals surface area contributed by atoms with Crippen molar-refractivity contribution in [3.8, 4) is 29.0 Å². The van der Waals surface area contributed by atoms with E-state index in [1.807, 2.05) is 78.9 Å². The summed E-state index contributed by atoms with van der Waals surface area (Å²) in [7, 11) is 0. The zero-order valence-electron chi connectivity index (χ0n) is 20.1. The number of rotatable bonds is 7. The number of nitrogens with zero attached hydrogens (tertiary/aromatic N) is 3. The second-order valence-electron chi connectivity index (χ2n) is 9.61. The van der Waals surface area contributed by atoms with Crippen LogP contribution >= 0.6 is 0 Å². The SMILES string of the molecule is N#CC12COc3ccccc3C1(C#N)CN(CCCCNC(=O)c1ccc(-c3ccccc3)cc1)C2. The summed E-state index contributed by atoms with van der Waals surface area (Å²) in [6.07, 6.45) is 1.68. The van der Waals surface area contributed by atoms with Crippen LogP contribution in [-0.4, -0.2) is 43.6 Å². The number of carbonyl (C=O) groups is 1. The first-order valence-corrected chi connectivity index (χ1v) is 12.3. The van der Waals surface area contributed by atoms with Gasteiger partial charge in [0.05, 0.1) is 12.1 Å². The van der Waals surface area contributed by atoms with Gasteiger partial charge in [0, 0.05) is 30.8 Å². The van der Waals surface area contributed by atoms with Crippen molar-refractivity contribution >= 4 is 5.91 Å². The highest BCUT2D eigenvalue weighted by Gasteiger charge is 2.63. The number of likely N-dealkylation sites (tertiary alicyclic amines) is 1. The summed E-state index contributed by atoms with van der Waals surface area (Å²) in [5, 5.41) is 23.3. The average Bonchev–Trinajstić information content (AvgIpc) is 3.29. The maximum absolute atomic E-state index is 12.6. The molecule has 1 saturated heterocycles. The fourth-order valence-electron chi connectivity index (χ4n) is 5.45. The molecule has 2 aliphatic heterocycles. The highest BCUT2D eigenvalue weighted by molar-refractivity contribution is 5.94. The molecule has 6 nitrogen and oxygen atoms in total. The number of hydrogen-bond acceptors (Lipinski definition) is 5. The predicted octanol–water partition coefficient (Wildman–Crippen LogP) is 4.54. The van der Waals surface area contributed by atoms with Crippen molar-refractivity contribution in [1.29, 1.82) is 10.5 Å². The Balaban J connectivity index is 1.13. The molecule has 180 valence electrons. The quantitative estimate of drug-likeness (QED) is 0.506. The lowest BCUT2D eigenvalue weighted by Crippen LogP contribution is -2.50. The Morgan fingerprint density at radius 1 is 0.889 bits per heavy atom. The molecule has 3 aromatic carbocycles. The lowest BCUT2D eigenvalue weighted by atomic mass is 9.62. The zero-order valence-corrected chi connectivity index (χ0v) is 20.1. The number of benzene rings is 3. The monoisotopic (exact) mass is 476 g/mol. The molecule has 1 fully saturated rings. The molecule has 2 aliphatic rings. The van der Waals surface area contributed by atoms with E-state index in [2.05, 4.69) is 22.4 Å². The molecule has 2 heterocycles. The van der Waals surface area contributed by atoms with E-state index in [9.17, 15) is 15.3 Å². The summed E-state index contributed by atoms with van der Waals surface area (Å²) in [6, 6.07) is 30.2. The molecule has 1 amide bonds. The second-order valence-corrected chi connectivity index (χ2v) is 9.61. The minimum Gasteiger partial charge on any atom is -0.491 e. The Morgan fingerprint density at radius 2 is 1.61 bits per heavy atom. The summed E-state index contributed by atoms with van der Waals surface area (Å²) in [5.74, 6) is 0.619. The van der Waals surface area contributed by atoms with Crippen LogP contribution in [0.15, 0.2) is 78.9 Å². The van der Waals surface area contributed by atoms with Crippen LogP contribution in [0, 0.1) is 28.1 Å². The van der Waals surface area contributed by atoms with Crippen molar-refractivity contribution in [3.63, 3.8) is 0 Å². The first-order chi connectivity index (χ1) is 17.6. The van der Waals surface area contributed by atoms with Gasteiger partial charge in [-0.3, -0.25) is 9.69 Å². The van der Waals surface area contributed by atoms with E-state index in [1.54, 1.807) is 0 Å². The summed E-state index contributed by atoms with van der Waals surface area (Å²) >= 11 is 0. The number of para-hydroxylation sites is 1.